The maximum atomic E-state index is 12.3. The lowest BCUT2D eigenvalue weighted by Crippen LogP contribution is -2.36. The van der Waals surface area contributed by atoms with Gasteiger partial charge in [-0.25, -0.2) is 0 Å². The maximum absolute atomic E-state index is 12.3. The van der Waals surface area contributed by atoms with E-state index in [1.807, 2.05) is 0 Å². The zero-order valence-corrected chi connectivity index (χ0v) is 20.0. The molecule has 0 radical (unpaired) electrons. The fourth-order valence-electron chi connectivity index (χ4n) is 1.65. The van der Waals surface area contributed by atoms with E-state index in [4.69, 9.17) is 21.7 Å². The van der Waals surface area contributed by atoms with Gasteiger partial charge in [-0.1, -0.05) is 48.9 Å². The first-order valence-electron chi connectivity index (χ1n) is 8.92. The van der Waals surface area contributed by atoms with Gasteiger partial charge in [0.1, 0.15) is 26.2 Å². The van der Waals surface area contributed by atoms with Crippen LogP contribution in [0.25, 0.3) is 0 Å². The van der Waals surface area contributed by atoms with Crippen LogP contribution in [0, 0.1) is 0 Å². The normalized spacial score (nSPS) is 11.1. The third-order valence-corrected chi connectivity index (χ3v) is 5.99. The Kier molecular flexibility index (Phi) is 12.6. The van der Waals surface area contributed by atoms with Crippen molar-refractivity contribution in [3.05, 3.63) is 25.3 Å². The number of esters is 2. The summed E-state index contributed by atoms with van der Waals surface area (Å²) in [7, 11) is 0. The molecule has 0 saturated heterocycles. The molecule has 0 saturated carbocycles. The molecule has 168 valence electrons. The topological polar surface area (TPSA) is 111 Å². The second kappa shape index (κ2) is 13.5. The summed E-state index contributed by atoms with van der Waals surface area (Å²) in [6.45, 7) is 13.6. The molecule has 0 spiro atoms. The summed E-state index contributed by atoms with van der Waals surface area (Å²) in [5, 5.41) is 5.01. The van der Waals surface area contributed by atoms with Crippen LogP contribution in [-0.2, 0) is 28.7 Å². The average Bonchev–Trinajstić information content (AvgIpc) is 2.66. The number of amides is 2. The highest BCUT2D eigenvalue weighted by Gasteiger charge is 2.37. The Morgan fingerprint density at radius 1 is 0.833 bits per heavy atom. The molecular weight excluding hydrogens is 448 g/mol. The standard InChI is InChI=1S/C19H28N2O6S3/c1-7-13(22)20-9-11-26-15(24)18(3,4)29-17(28)30-19(5,6)16(25)27-12-10-21-14(23)8-2/h7-8H,1-2,9-12H2,3-6H3,(H,20,22)(H,21,23). The summed E-state index contributed by atoms with van der Waals surface area (Å²) in [4.78, 5) is 46.7. The summed E-state index contributed by atoms with van der Waals surface area (Å²) >= 11 is 7.53. The van der Waals surface area contributed by atoms with Crippen molar-refractivity contribution in [2.24, 2.45) is 0 Å². The number of hydrogen-bond donors (Lipinski definition) is 2. The Hall–Kier alpha value is -1.85. The van der Waals surface area contributed by atoms with E-state index in [0.29, 0.717) is 3.53 Å². The summed E-state index contributed by atoms with van der Waals surface area (Å²) in [5.74, 6) is -1.70. The molecule has 0 heterocycles. The van der Waals surface area contributed by atoms with Crippen LogP contribution in [0.1, 0.15) is 27.7 Å². The van der Waals surface area contributed by atoms with Gasteiger partial charge in [-0.15, -0.1) is 0 Å². The van der Waals surface area contributed by atoms with E-state index in [1.54, 1.807) is 27.7 Å². The van der Waals surface area contributed by atoms with Crippen molar-refractivity contribution >= 4 is 63.0 Å². The Labute approximate surface area is 191 Å². The maximum Gasteiger partial charge on any atom is 0.322 e. The van der Waals surface area contributed by atoms with Gasteiger partial charge >= 0.3 is 11.9 Å². The van der Waals surface area contributed by atoms with Crippen molar-refractivity contribution in [1.29, 1.82) is 0 Å². The number of thioether (sulfide) groups is 2. The van der Waals surface area contributed by atoms with Crippen molar-refractivity contribution in [3.63, 3.8) is 0 Å². The van der Waals surface area contributed by atoms with Crippen molar-refractivity contribution in [2.75, 3.05) is 26.3 Å². The molecule has 0 rings (SSSR count). The highest BCUT2D eigenvalue weighted by Crippen LogP contribution is 2.38. The minimum absolute atomic E-state index is 0.0164. The van der Waals surface area contributed by atoms with Crippen LogP contribution in [0.2, 0.25) is 0 Å². The van der Waals surface area contributed by atoms with Gasteiger partial charge < -0.3 is 20.1 Å². The number of nitrogens with one attached hydrogen (secondary N) is 2. The van der Waals surface area contributed by atoms with Gasteiger partial charge in [-0.3, -0.25) is 19.2 Å². The van der Waals surface area contributed by atoms with E-state index in [1.165, 1.54) is 0 Å². The Morgan fingerprint density at radius 3 is 1.47 bits per heavy atom. The molecule has 0 fully saturated rings. The van der Waals surface area contributed by atoms with Gasteiger partial charge in [-0.2, -0.15) is 0 Å². The summed E-state index contributed by atoms with van der Waals surface area (Å²) in [5.41, 5.74) is 0. The number of ether oxygens (including phenoxy) is 2. The Balaban J connectivity index is 4.50. The third kappa shape index (κ3) is 11.4. The molecule has 2 amide bonds. The minimum Gasteiger partial charge on any atom is -0.463 e. The molecule has 0 aliphatic carbocycles. The quantitative estimate of drug-likeness (QED) is 0.189. The number of thiocarbonyl (C=S) groups is 1. The lowest BCUT2D eigenvalue weighted by atomic mass is 10.2. The van der Waals surface area contributed by atoms with E-state index in [-0.39, 0.29) is 38.1 Å². The lowest BCUT2D eigenvalue weighted by Gasteiger charge is -2.26. The predicted octanol–water partition coefficient (Wildman–Crippen LogP) is 1.99. The van der Waals surface area contributed by atoms with Crippen LogP contribution in [-0.4, -0.2) is 63.1 Å². The first-order chi connectivity index (χ1) is 13.9. The number of carbonyl (C=O) groups excluding carboxylic acids is 4. The zero-order chi connectivity index (χ0) is 23.4. The van der Waals surface area contributed by atoms with E-state index in [0.717, 1.165) is 35.7 Å². The highest BCUT2D eigenvalue weighted by atomic mass is 32.2. The van der Waals surface area contributed by atoms with E-state index < -0.39 is 21.4 Å². The van der Waals surface area contributed by atoms with Crippen LogP contribution in [0.15, 0.2) is 25.3 Å². The molecule has 0 aromatic rings. The average molecular weight is 477 g/mol. The molecule has 11 heteroatoms. The minimum atomic E-state index is -0.985. The third-order valence-electron chi connectivity index (χ3n) is 3.30. The van der Waals surface area contributed by atoms with Crippen LogP contribution in [0.5, 0.6) is 0 Å². The smallest absolute Gasteiger partial charge is 0.322 e. The Morgan fingerprint density at radius 2 is 1.17 bits per heavy atom. The van der Waals surface area contributed by atoms with Crippen LogP contribution < -0.4 is 10.6 Å². The zero-order valence-electron chi connectivity index (χ0n) is 17.6. The molecular formula is C19H28N2O6S3. The van der Waals surface area contributed by atoms with Gasteiger partial charge in [0.25, 0.3) is 0 Å². The summed E-state index contributed by atoms with van der Waals surface area (Å²) in [6, 6.07) is 0. The van der Waals surface area contributed by atoms with Crippen molar-refractivity contribution in [2.45, 2.75) is 37.2 Å². The van der Waals surface area contributed by atoms with Crippen molar-refractivity contribution < 1.29 is 28.7 Å². The molecule has 2 N–H and O–H groups in total. The second-order valence-corrected chi connectivity index (χ2v) is 11.2. The molecule has 0 unspecified atom stereocenters. The first kappa shape index (κ1) is 28.1. The molecule has 0 aromatic carbocycles. The molecule has 8 nitrogen and oxygen atoms in total. The number of rotatable bonds is 12. The molecule has 0 aliphatic heterocycles. The molecule has 0 atom stereocenters. The molecule has 0 aromatic heterocycles. The summed E-state index contributed by atoms with van der Waals surface area (Å²) < 4.78 is 8.73. The van der Waals surface area contributed by atoms with Crippen LogP contribution in [0.4, 0.5) is 0 Å². The van der Waals surface area contributed by atoms with E-state index in [2.05, 4.69) is 23.8 Å². The van der Waals surface area contributed by atoms with Gasteiger partial charge in [0.05, 0.1) is 13.1 Å². The van der Waals surface area contributed by atoms with Gasteiger partial charge in [0.2, 0.25) is 11.8 Å². The fourth-order valence-corrected chi connectivity index (χ4v) is 5.43. The fraction of sp³-hybridized carbons (Fsp3) is 0.526. The SMILES string of the molecule is C=CC(=O)NCCOC(=O)C(C)(C)SC(=S)SC(C)(C)C(=O)OCCNC(=O)C=C. The van der Waals surface area contributed by atoms with Crippen molar-refractivity contribution in [1.82, 2.24) is 10.6 Å². The van der Waals surface area contributed by atoms with Crippen LogP contribution >= 0.6 is 35.7 Å². The van der Waals surface area contributed by atoms with Gasteiger partial charge in [0.15, 0.2) is 0 Å². The first-order valence-corrected chi connectivity index (χ1v) is 11.0. The van der Waals surface area contributed by atoms with E-state index >= 15 is 0 Å². The van der Waals surface area contributed by atoms with E-state index in [9.17, 15) is 19.2 Å². The second-order valence-electron chi connectivity index (χ2n) is 6.74. The molecule has 0 aliphatic rings. The lowest BCUT2D eigenvalue weighted by molar-refractivity contribution is -0.146. The molecule has 30 heavy (non-hydrogen) atoms. The predicted molar refractivity (Wildman–Crippen MR) is 124 cm³/mol. The summed E-state index contributed by atoms with van der Waals surface area (Å²) in [6.07, 6.45) is 2.25. The van der Waals surface area contributed by atoms with Crippen LogP contribution in [0.3, 0.4) is 0 Å². The van der Waals surface area contributed by atoms with Gasteiger partial charge in [-0.05, 0) is 39.8 Å². The van der Waals surface area contributed by atoms with Crippen molar-refractivity contribution in [3.8, 4) is 0 Å². The molecule has 0 bridgehead atoms. The number of carbonyl (C=O) groups is 4. The van der Waals surface area contributed by atoms with Gasteiger partial charge in [0, 0.05) is 0 Å². The Bertz CT molecular complexity index is 636. The highest BCUT2D eigenvalue weighted by molar-refractivity contribution is 8.48. The monoisotopic (exact) mass is 476 g/mol. The number of hydrogen-bond acceptors (Lipinski definition) is 9. The largest absolute Gasteiger partial charge is 0.463 e.